The Kier molecular flexibility index (Phi) is 6.18. The van der Waals surface area contributed by atoms with Crippen molar-refractivity contribution in [1.82, 2.24) is 0 Å². The third kappa shape index (κ3) is 3.73. The van der Waals surface area contributed by atoms with Crippen LogP contribution < -0.4 is 0 Å². The monoisotopic (exact) mass is 283 g/mol. The van der Waals surface area contributed by atoms with Gasteiger partial charge in [-0.25, -0.2) is 0 Å². The van der Waals surface area contributed by atoms with Gasteiger partial charge in [0.25, 0.3) is 0 Å². The van der Waals surface area contributed by atoms with Crippen LogP contribution >= 0.6 is 23.2 Å². The second kappa shape index (κ2) is 7.41. The van der Waals surface area contributed by atoms with Crippen molar-refractivity contribution in [3.8, 4) is 0 Å². The molecule has 4 heteroatoms. The Bertz CT molecular complexity index is 477. The summed E-state index contributed by atoms with van der Waals surface area (Å²) < 4.78 is 0. The van der Waals surface area contributed by atoms with Crippen LogP contribution in [0.15, 0.2) is 12.1 Å². The van der Waals surface area contributed by atoms with E-state index in [-0.39, 0.29) is 10.6 Å². The Hall–Kier alpha value is -1.04. The van der Waals surface area contributed by atoms with Crippen molar-refractivity contribution in [1.29, 1.82) is 0 Å². The highest BCUT2D eigenvalue weighted by Gasteiger charge is 2.15. The van der Waals surface area contributed by atoms with E-state index in [0.29, 0.717) is 5.02 Å². The van der Waals surface area contributed by atoms with Crippen molar-refractivity contribution in [2.45, 2.75) is 39.0 Å². The smallest absolute Gasteiger partial charge is 0.310 e. The molecule has 0 unspecified atom stereocenters. The summed E-state index contributed by atoms with van der Waals surface area (Å²) in [4.78, 5) is 14.1. The molecule has 2 nitrogen and oxygen atoms in total. The molecular weight excluding hydrogens is 269 g/mol. The van der Waals surface area contributed by atoms with Gasteiger partial charge in [-0.2, -0.15) is 4.85 Å². The van der Waals surface area contributed by atoms with Crippen LogP contribution in [0.3, 0.4) is 0 Å². The number of halogens is 2. The van der Waals surface area contributed by atoms with Crippen LogP contribution in [0.2, 0.25) is 10.0 Å². The molecule has 0 fully saturated rings. The van der Waals surface area contributed by atoms with Gasteiger partial charge in [-0.1, -0.05) is 61.5 Å². The summed E-state index contributed by atoms with van der Waals surface area (Å²) in [5.74, 6) is -0.667. The molecule has 0 saturated carbocycles. The normalized spacial score (nSPS) is 10.1. The number of benzene rings is 1. The molecule has 0 N–H and O–H groups in total. The zero-order chi connectivity index (χ0) is 13.5. The van der Waals surface area contributed by atoms with Gasteiger partial charge in [0.05, 0.1) is 16.6 Å². The summed E-state index contributed by atoms with van der Waals surface area (Å²) >= 11 is 12.1. The van der Waals surface area contributed by atoms with E-state index in [4.69, 9.17) is 29.8 Å². The zero-order valence-electron chi connectivity index (χ0n) is 10.3. The third-order valence-electron chi connectivity index (χ3n) is 2.79. The van der Waals surface area contributed by atoms with Crippen LogP contribution in [-0.4, -0.2) is 5.91 Å². The molecule has 0 radical (unpaired) electrons. The van der Waals surface area contributed by atoms with Crippen molar-refractivity contribution in [2.24, 2.45) is 0 Å². The molecule has 1 aromatic carbocycles. The lowest BCUT2D eigenvalue weighted by Crippen LogP contribution is -1.97. The Morgan fingerprint density at radius 1 is 1.22 bits per heavy atom. The first-order valence-electron chi connectivity index (χ1n) is 6.00. The van der Waals surface area contributed by atoms with E-state index in [9.17, 15) is 4.79 Å². The summed E-state index contributed by atoms with van der Waals surface area (Å²) in [6.07, 6.45) is 5.46. The maximum Gasteiger partial charge on any atom is 0.387 e. The number of amides is 1. The SMILES string of the molecule is [C-]#[N+]C(=O)c1ccc(CCCCCC)c(Cl)c1Cl. The largest absolute Gasteiger partial charge is 0.387 e. The molecule has 0 aliphatic carbocycles. The van der Waals surface area contributed by atoms with Gasteiger partial charge in [0, 0.05) is 5.56 Å². The number of rotatable bonds is 6. The average Bonchev–Trinajstić information content (AvgIpc) is 2.38. The second-order valence-corrected chi connectivity index (χ2v) is 4.88. The Labute approximate surface area is 118 Å². The number of carbonyl (C=O) groups excluding carboxylic acids is 1. The summed E-state index contributed by atoms with van der Waals surface area (Å²) in [6.45, 7) is 8.86. The summed E-state index contributed by atoms with van der Waals surface area (Å²) in [7, 11) is 0. The minimum absolute atomic E-state index is 0.189. The molecule has 0 aliphatic heterocycles. The maximum absolute atomic E-state index is 11.3. The Morgan fingerprint density at radius 2 is 1.94 bits per heavy atom. The lowest BCUT2D eigenvalue weighted by molar-refractivity contribution is 0.104. The highest BCUT2D eigenvalue weighted by Crippen LogP contribution is 2.31. The predicted octanol–water partition coefficient (Wildman–Crippen LogP) is 5.18. The van der Waals surface area contributed by atoms with Gasteiger partial charge in [-0.3, -0.25) is 0 Å². The van der Waals surface area contributed by atoms with E-state index < -0.39 is 5.91 Å². The molecule has 96 valence electrons. The van der Waals surface area contributed by atoms with Gasteiger partial charge < -0.3 is 4.79 Å². The highest BCUT2D eigenvalue weighted by molar-refractivity contribution is 6.44. The van der Waals surface area contributed by atoms with E-state index in [0.717, 1.165) is 24.8 Å². The second-order valence-electron chi connectivity index (χ2n) is 4.13. The van der Waals surface area contributed by atoms with E-state index in [1.54, 1.807) is 12.1 Å². The van der Waals surface area contributed by atoms with Crippen LogP contribution in [0.4, 0.5) is 0 Å². The average molecular weight is 284 g/mol. The standard InChI is InChI=1S/C14H15Cl2NO/c1-3-4-5-6-7-10-8-9-11(14(18)17-2)13(16)12(10)15/h8-9H,3-7H2,1H3. The Morgan fingerprint density at radius 3 is 2.56 bits per heavy atom. The van der Waals surface area contributed by atoms with Gasteiger partial charge in [-0.15, -0.1) is 0 Å². The Balaban J connectivity index is 2.82. The molecule has 1 aromatic rings. The van der Waals surface area contributed by atoms with Crippen LogP contribution in [0.25, 0.3) is 4.85 Å². The number of carbonyl (C=O) groups is 1. The first-order chi connectivity index (χ1) is 8.61. The van der Waals surface area contributed by atoms with E-state index >= 15 is 0 Å². The zero-order valence-corrected chi connectivity index (χ0v) is 11.8. The van der Waals surface area contributed by atoms with Gasteiger partial charge in [0.15, 0.2) is 0 Å². The first kappa shape index (κ1) is 15.0. The lowest BCUT2D eigenvalue weighted by Gasteiger charge is -2.08. The number of nitrogens with zero attached hydrogens (tertiary/aromatic N) is 1. The molecule has 18 heavy (non-hydrogen) atoms. The van der Waals surface area contributed by atoms with Crippen molar-refractivity contribution in [3.63, 3.8) is 0 Å². The van der Waals surface area contributed by atoms with Crippen LogP contribution in [-0.2, 0) is 6.42 Å². The van der Waals surface area contributed by atoms with Gasteiger partial charge in [-0.05, 0) is 18.4 Å². The number of aryl methyl sites for hydroxylation is 1. The maximum atomic E-state index is 11.3. The lowest BCUT2D eigenvalue weighted by atomic mass is 10.0. The quantitative estimate of drug-likeness (QED) is 0.521. The van der Waals surface area contributed by atoms with Crippen LogP contribution in [0, 0.1) is 6.57 Å². The molecule has 1 rings (SSSR count). The third-order valence-corrected chi connectivity index (χ3v) is 3.71. The van der Waals surface area contributed by atoms with Crippen molar-refractivity contribution < 1.29 is 4.79 Å². The molecular formula is C14H15Cl2NO. The first-order valence-corrected chi connectivity index (χ1v) is 6.76. The molecule has 0 heterocycles. The summed E-state index contributed by atoms with van der Waals surface area (Å²) in [6, 6.07) is 3.38. The minimum atomic E-state index is -0.667. The van der Waals surface area contributed by atoms with E-state index in [1.807, 2.05) is 0 Å². The van der Waals surface area contributed by atoms with Gasteiger partial charge in [0.1, 0.15) is 0 Å². The fourth-order valence-corrected chi connectivity index (χ4v) is 2.27. The van der Waals surface area contributed by atoms with Crippen LogP contribution in [0.5, 0.6) is 0 Å². The fraction of sp³-hybridized carbons (Fsp3) is 0.429. The molecule has 1 amide bonds. The van der Waals surface area contributed by atoms with Gasteiger partial charge in [0.2, 0.25) is 0 Å². The summed E-state index contributed by atoms with van der Waals surface area (Å²) in [5, 5.41) is 0.605. The predicted molar refractivity (Wildman–Crippen MR) is 75.2 cm³/mol. The van der Waals surface area contributed by atoms with Crippen molar-refractivity contribution in [2.75, 3.05) is 0 Å². The van der Waals surface area contributed by atoms with E-state index in [1.165, 1.54) is 12.8 Å². The van der Waals surface area contributed by atoms with E-state index in [2.05, 4.69) is 11.8 Å². The fourth-order valence-electron chi connectivity index (χ4n) is 1.75. The molecule has 0 bridgehead atoms. The molecule has 0 atom stereocenters. The molecule has 0 aromatic heterocycles. The van der Waals surface area contributed by atoms with Gasteiger partial charge >= 0.3 is 5.91 Å². The minimum Gasteiger partial charge on any atom is -0.310 e. The highest BCUT2D eigenvalue weighted by atomic mass is 35.5. The van der Waals surface area contributed by atoms with Crippen molar-refractivity contribution >= 4 is 29.1 Å². The number of unbranched alkanes of at least 4 members (excludes halogenated alkanes) is 3. The molecule has 0 saturated heterocycles. The molecule has 0 spiro atoms. The van der Waals surface area contributed by atoms with Crippen LogP contribution in [0.1, 0.15) is 48.5 Å². The number of hydrogen-bond acceptors (Lipinski definition) is 1. The molecule has 0 aliphatic rings. The summed E-state index contributed by atoms with van der Waals surface area (Å²) in [5.41, 5.74) is 1.13. The topological polar surface area (TPSA) is 21.4 Å². The van der Waals surface area contributed by atoms with Crippen molar-refractivity contribution in [3.05, 3.63) is 44.7 Å². The number of hydrogen-bond donors (Lipinski definition) is 0.